The van der Waals surface area contributed by atoms with Crippen LogP contribution in [0.2, 0.25) is 0 Å². The normalized spacial score (nSPS) is 10.8. The molecule has 3 rings (SSSR count). The van der Waals surface area contributed by atoms with Crippen LogP contribution in [0.5, 0.6) is 5.75 Å². The molecule has 2 aromatic carbocycles. The predicted molar refractivity (Wildman–Crippen MR) is 112 cm³/mol. The highest BCUT2D eigenvalue weighted by atomic mass is 32.1. The van der Waals surface area contributed by atoms with Gasteiger partial charge in [0, 0.05) is 23.4 Å². The molecule has 1 N–H and O–H groups in total. The molecule has 28 heavy (non-hydrogen) atoms. The second-order valence-corrected chi connectivity index (χ2v) is 6.71. The highest BCUT2D eigenvalue weighted by Gasteiger charge is 2.07. The summed E-state index contributed by atoms with van der Waals surface area (Å²) >= 11 is 1.49. The minimum Gasteiger partial charge on any atom is -0.493 e. The average molecular weight is 395 g/mol. The van der Waals surface area contributed by atoms with E-state index in [0.29, 0.717) is 17.5 Å². The molecular formula is C21H21N3O3S. The Morgan fingerprint density at radius 1 is 1.25 bits per heavy atom. The molecule has 7 heteroatoms. The van der Waals surface area contributed by atoms with Crippen molar-refractivity contribution in [1.29, 1.82) is 0 Å². The lowest BCUT2D eigenvalue weighted by Gasteiger charge is -2.11. The molecule has 0 aliphatic heterocycles. The molecule has 0 aliphatic carbocycles. The quantitative estimate of drug-likeness (QED) is 0.339. The van der Waals surface area contributed by atoms with Crippen LogP contribution >= 0.6 is 11.3 Å². The van der Waals surface area contributed by atoms with Crippen LogP contribution in [0.25, 0.3) is 11.3 Å². The Morgan fingerprint density at radius 3 is 2.82 bits per heavy atom. The predicted octanol–water partition coefficient (Wildman–Crippen LogP) is 4.72. The van der Waals surface area contributed by atoms with Crippen LogP contribution in [0.15, 0.2) is 59.0 Å². The second kappa shape index (κ2) is 9.66. The summed E-state index contributed by atoms with van der Waals surface area (Å²) in [6.45, 7) is 3.99. The molecule has 6 nitrogen and oxygen atoms in total. The third-order valence-corrected chi connectivity index (χ3v) is 4.51. The van der Waals surface area contributed by atoms with E-state index >= 15 is 0 Å². The van der Waals surface area contributed by atoms with Gasteiger partial charge in [-0.15, -0.1) is 11.3 Å². The SMILES string of the molecule is CCOc1ccc(C=NNc2nc(-c3ccccc3)cs2)cc1COC(C)=O. The van der Waals surface area contributed by atoms with E-state index in [2.05, 4.69) is 15.5 Å². The highest BCUT2D eigenvalue weighted by Crippen LogP contribution is 2.25. The molecule has 0 aliphatic rings. The Kier molecular flexibility index (Phi) is 6.75. The average Bonchev–Trinajstić information content (AvgIpc) is 3.17. The fraction of sp³-hybridized carbons (Fsp3) is 0.190. The molecule has 0 spiro atoms. The number of hydrogen-bond donors (Lipinski definition) is 1. The number of ether oxygens (including phenoxy) is 2. The first-order valence-electron chi connectivity index (χ1n) is 8.85. The van der Waals surface area contributed by atoms with Crippen molar-refractivity contribution in [3.05, 3.63) is 65.0 Å². The molecular weight excluding hydrogens is 374 g/mol. The van der Waals surface area contributed by atoms with E-state index in [1.54, 1.807) is 6.21 Å². The van der Waals surface area contributed by atoms with Crippen molar-refractivity contribution >= 4 is 28.7 Å². The lowest BCUT2D eigenvalue weighted by Crippen LogP contribution is -2.03. The van der Waals surface area contributed by atoms with Gasteiger partial charge in [-0.05, 0) is 30.7 Å². The molecule has 1 aromatic heterocycles. The number of carbonyl (C=O) groups is 1. The fourth-order valence-corrected chi connectivity index (χ4v) is 3.17. The van der Waals surface area contributed by atoms with Gasteiger partial charge in [-0.1, -0.05) is 30.3 Å². The second-order valence-electron chi connectivity index (χ2n) is 5.85. The van der Waals surface area contributed by atoms with Gasteiger partial charge in [0.15, 0.2) is 0 Å². The summed E-state index contributed by atoms with van der Waals surface area (Å²) in [6, 6.07) is 15.6. The van der Waals surface area contributed by atoms with E-state index in [1.165, 1.54) is 18.3 Å². The van der Waals surface area contributed by atoms with Crippen LogP contribution in [0.1, 0.15) is 25.0 Å². The first kappa shape index (κ1) is 19.6. The summed E-state index contributed by atoms with van der Waals surface area (Å²) in [5, 5.41) is 6.95. The largest absolute Gasteiger partial charge is 0.493 e. The molecule has 0 bridgehead atoms. The van der Waals surface area contributed by atoms with E-state index in [1.807, 2.05) is 60.8 Å². The zero-order valence-electron chi connectivity index (χ0n) is 15.7. The van der Waals surface area contributed by atoms with E-state index in [0.717, 1.165) is 22.4 Å². The number of benzene rings is 2. The van der Waals surface area contributed by atoms with Gasteiger partial charge in [-0.3, -0.25) is 10.2 Å². The molecule has 0 amide bonds. The third kappa shape index (κ3) is 5.40. The van der Waals surface area contributed by atoms with Crippen LogP contribution in [-0.4, -0.2) is 23.8 Å². The number of carbonyl (C=O) groups excluding carboxylic acids is 1. The molecule has 144 valence electrons. The number of nitrogens with zero attached hydrogens (tertiary/aromatic N) is 2. The van der Waals surface area contributed by atoms with Crippen molar-refractivity contribution < 1.29 is 14.3 Å². The summed E-state index contributed by atoms with van der Waals surface area (Å²) in [7, 11) is 0. The molecule has 0 saturated carbocycles. The minimum atomic E-state index is -0.332. The first-order valence-corrected chi connectivity index (χ1v) is 9.72. The van der Waals surface area contributed by atoms with Crippen molar-refractivity contribution in [3.63, 3.8) is 0 Å². The summed E-state index contributed by atoms with van der Waals surface area (Å²) in [6.07, 6.45) is 1.69. The molecule has 3 aromatic rings. The van der Waals surface area contributed by atoms with Crippen molar-refractivity contribution in [2.24, 2.45) is 5.10 Å². The number of nitrogens with one attached hydrogen (secondary N) is 1. The third-order valence-electron chi connectivity index (χ3n) is 3.76. The Hall–Kier alpha value is -3.19. The standard InChI is InChI=1S/C21H21N3O3S/c1-3-26-20-10-9-16(11-18(20)13-27-15(2)25)12-22-24-21-23-19(14-28-21)17-7-5-4-6-8-17/h4-12,14H,3,13H2,1-2H3,(H,23,24). The van der Waals surface area contributed by atoms with Gasteiger partial charge >= 0.3 is 5.97 Å². The Morgan fingerprint density at radius 2 is 2.07 bits per heavy atom. The van der Waals surface area contributed by atoms with Gasteiger partial charge < -0.3 is 9.47 Å². The van der Waals surface area contributed by atoms with Crippen molar-refractivity contribution in [2.45, 2.75) is 20.5 Å². The van der Waals surface area contributed by atoms with Crippen molar-refractivity contribution in [1.82, 2.24) is 4.98 Å². The Labute approximate surface area is 167 Å². The van der Waals surface area contributed by atoms with Crippen LogP contribution in [-0.2, 0) is 16.1 Å². The van der Waals surface area contributed by atoms with Gasteiger partial charge in [0.2, 0.25) is 5.13 Å². The Bertz CT molecular complexity index is 955. The van der Waals surface area contributed by atoms with Crippen LogP contribution in [0, 0.1) is 0 Å². The molecule has 0 unspecified atom stereocenters. The van der Waals surface area contributed by atoms with Gasteiger partial charge in [-0.25, -0.2) is 4.98 Å². The van der Waals surface area contributed by atoms with Gasteiger partial charge in [0.25, 0.3) is 0 Å². The number of rotatable bonds is 8. The Balaban J connectivity index is 1.67. The van der Waals surface area contributed by atoms with E-state index in [9.17, 15) is 4.79 Å². The van der Waals surface area contributed by atoms with E-state index in [-0.39, 0.29) is 12.6 Å². The van der Waals surface area contributed by atoms with E-state index < -0.39 is 0 Å². The molecule has 0 saturated heterocycles. The smallest absolute Gasteiger partial charge is 0.302 e. The maximum absolute atomic E-state index is 11.1. The summed E-state index contributed by atoms with van der Waals surface area (Å²) in [5.41, 5.74) is 6.58. The maximum atomic E-state index is 11.1. The molecule has 0 radical (unpaired) electrons. The highest BCUT2D eigenvalue weighted by molar-refractivity contribution is 7.14. The maximum Gasteiger partial charge on any atom is 0.302 e. The zero-order valence-corrected chi connectivity index (χ0v) is 16.5. The lowest BCUT2D eigenvalue weighted by atomic mass is 10.1. The van der Waals surface area contributed by atoms with Gasteiger partial charge in [0.1, 0.15) is 12.4 Å². The summed E-state index contributed by atoms with van der Waals surface area (Å²) < 4.78 is 10.7. The number of hydrazone groups is 1. The summed E-state index contributed by atoms with van der Waals surface area (Å²) in [4.78, 5) is 15.6. The molecule has 0 atom stereocenters. The number of thiazole rings is 1. The minimum absolute atomic E-state index is 0.159. The first-order chi connectivity index (χ1) is 13.7. The number of esters is 1. The van der Waals surface area contributed by atoms with Crippen molar-refractivity contribution in [3.8, 4) is 17.0 Å². The lowest BCUT2D eigenvalue weighted by molar-refractivity contribution is -0.142. The zero-order chi connectivity index (χ0) is 19.8. The van der Waals surface area contributed by atoms with Crippen LogP contribution < -0.4 is 10.2 Å². The number of anilines is 1. The van der Waals surface area contributed by atoms with Gasteiger partial charge in [0.05, 0.1) is 18.5 Å². The van der Waals surface area contributed by atoms with E-state index in [4.69, 9.17) is 9.47 Å². The monoisotopic (exact) mass is 395 g/mol. The fourth-order valence-electron chi connectivity index (χ4n) is 2.50. The molecule has 0 fully saturated rings. The summed E-state index contributed by atoms with van der Waals surface area (Å²) in [5.74, 6) is 0.363. The van der Waals surface area contributed by atoms with Gasteiger partial charge in [-0.2, -0.15) is 5.10 Å². The molecule has 1 heterocycles. The van der Waals surface area contributed by atoms with Crippen LogP contribution in [0.3, 0.4) is 0 Å². The van der Waals surface area contributed by atoms with Crippen LogP contribution in [0.4, 0.5) is 5.13 Å². The number of aromatic nitrogens is 1. The topological polar surface area (TPSA) is 72.8 Å². The number of hydrogen-bond acceptors (Lipinski definition) is 7. The van der Waals surface area contributed by atoms with Crippen molar-refractivity contribution in [2.75, 3.05) is 12.0 Å².